The van der Waals surface area contributed by atoms with Crippen LogP contribution in [-0.2, 0) is 6.42 Å². The molecule has 2 aromatic rings. The maximum atomic E-state index is 3.27. The van der Waals surface area contributed by atoms with Gasteiger partial charge >= 0.3 is 0 Å². The van der Waals surface area contributed by atoms with E-state index in [4.69, 9.17) is 0 Å². The number of rotatable bonds is 5. The lowest BCUT2D eigenvalue weighted by Crippen LogP contribution is -2.21. The van der Waals surface area contributed by atoms with Crippen LogP contribution in [0.1, 0.15) is 18.9 Å². The summed E-state index contributed by atoms with van der Waals surface area (Å²) in [4.78, 5) is 1.35. The van der Waals surface area contributed by atoms with Crippen LogP contribution in [0.4, 0.5) is 0 Å². The summed E-state index contributed by atoms with van der Waals surface area (Å²) in [6.45, 7) is 2.22. The number of hydrogen-bond acceptors (Lipinski definition) is 2. The third kappa shape index (κ3) is 3.42. The molecule has 1 aromatic heterocycles. The fraction of sp³-hybridized carbons (Fsp3) is 0.333. The van der Waals surface area contributed by atoms with Gasteiger partial charge in [0.05, 0.1) is 0 Å². The van der Waals surface area contributed by atoms with E-state index >= 15 is 0 Å². The van der Waals surface area contributed by atoms with E-state index in [1.165, 1.54) is 22.4 Å². The molecule has 2 heteroatoms. The highest BCUT2D eigenvalue weighted by Gasteiger charge is 2.01. The molecule has 0 bridgehead atoms. The van der Waals surface area contributed by atoms with Gasteiger partial charge < -0.3 is 5.32 Å². The van der Waals surface area contributed by atoms with Crippen LogP contribution >= 0.6 is 11.3 Å². The Morgan fingerprint density at radius 3 is 2.53 bits per heavy atom. The molecule has 0 saturated heterocycles. The molecule has 0 spiro atoms. The monoisotopic (exact) mass is 245 g/mol. The number of hydrogen-bond donors (Lipinski definition) is 1. The summed E-state index contributed by atoms with van der Waals surface area (Å²) in [6.07, 6.45) is 2.33. The lowest BCUT2D eigenvalue weighted by molar-refractivity contribution is 0.565. The van der Waals surface area contributed by atoms with Gasteiger partial charge in [0, 0.05) is 10.9 Å². The second-order valence-electron chi connectivity index (χ2n) is 4.40. The van der Waals surface area contributed by atoms with Crippen LogP contribution in [0.2, 0.25) is 0 Å². The minimum atomic E-state index is 0.590. The van der Waals surface area contributed by atoms with E-state index in [0.29, 0.717) is 6.04 Å². The summed E-state index contributed by atoms with van der Waals surface area (Å²) < 4.78 is 0. The zero-order valence-electron chi connectivity index (χ0n) is 10.4. The Morgan fingerprint density at radius 2 is 1.94 bits per heavy atom. The maximum Gasteiger partial charge on any atom is 0.0342 e. The first-order valence-corrected chi connectivity index (χ1v) is 6.97. The Balaban J connectivity index is 1.99. The van der Waals surface area contributed by atoms with E-state index in [1.807, 2.05) is 7.05 Å². The van der Waals surface area contributed by atoms with Crippen LogP contribution in [0.5, 0.6) is 0 Å². The van der Waals surface area contributed by atoms with Crippen molar-refractivity contribution in [2.75, 3.05) is 7.05 Å². The summed E-state index contributed by atoms with van der Waals surface area (Å²) >= 11 is 1.79. The fourth-order valence-corrected chi connectivity index (χ4v) is 2.54. The SMILES string of the molecule is CNC(C)CCc1ccc(-c2cccs2)cc1. The van der Waals surface area contributed by atoms with E-state index in [2.05, 4.69) is 54.0 Å². The Labute approximate surface area is 108 Å². The summed E-state index contributed by atoms with van der Waals surface area (Å²) in [5.41, 5.74) is 2.75. The van der Waals surface area contributed by atoms with Crippen LogP contribution in [-0.4, -0.2) is 13.1 Å². The van der Waals surface area contributed by atoms with Gasteiger partial charge in [0.2, 0.25) is 0 Å². The highest BCUT2D eigenvalue weighted by molar-refractivity contribution is 7.13. The first kappa shape index (κ1) is 12.3. The predicted molar refractivity (Wildman–Crippen MR) is 76.6 cm³/mol. The molecule has 17 heavy (non-hydrogen) atoms. The lowest BCUT2D eigenvalue weighted by atomic mass is 10.0. The normalized spacial score (nSPS) is 12.6. The molecule has 1 atom stereocenters. The molecule has 2 rings (SSSR count). The van der Waals surface area contributed by atoms with Crippen molar-refractivity contribution < 1.29 is 0 Å². The van der Waals surface area contributed by atoms with Gasteiger partial charge in [-0.25, -0.2) is 0 Å². The van der Waals surface area contributed by atoms with Crippen molar-refractivity contribution in [2.24, 2.45) is 0 Å². The highest BCUT2D eigenvalue weighted by Crippen LogP contribution is 2.24. The standard InChI is InChI=1S/C15H19NS/c1-12(16-2)5-6-13-7-9-14(10-8-13)15-4-3-11-17-15/h3-4,7-12,16H,5-6H2,1-2H3. The Bertz CT molecular complexity index is 430. The van der Waals surface area contributed by atoms with Crippen LogP contribution in [0.3, 0.4) is 0 Å². The largest absolute Gasteiger partial charge is 0.317 e. The molecule has 1 heterocycles. The highest BCUT2D eigenvalue weighted by atomic mass is 32.1. The van der Waals surface area contributed by atoms with Crippen molar-refractivity contribution in [3.05, 3.63) is 47.3 Å². The van der Waals surface area contributed by atoms with Crippen molar-refractivity contribution in [3.63, 3.8) is 0 Å². The number of benzene rings is 1. The Hall–Kier alpha value is -1.12. The summed E-state index contributed by atoms with van der Waals surface area (Å²) in [7, 11) is 2.02. The van der Waals surface area contributed by atoms with Gasteiger partial charge in [-0.3, -0.25) is 0 Å². The predicted octanol–water partition coefficient (Wildman–Crippen LogP) is 3.96. The minimum Gasteiger partial charge on any atom is -0.317 e. The first-order chi connectivity index (χ1) is 8.29. The zero-order chi connectivity index (χ0) is 12.1. The number of thiophene rings is 1. The first-order valence-electron chi connectivity index (χ1n) is 6.09. The molecule has 0 radical (unpaired) electrons. The average Bonchev–Trinajstić information content (AvgIpc) is 2.90. The number of nitrogens with one attached hydrogen (secondary N) is 1. The van der Waals surface area contributed by atoms with Crippen molar-refractivity contribution in [1.29, 1.82) is 0 Å². The van der Waals surface area contributed by atoms with Crippen molar-refractivity contribution in [3.8, 4) is 10.4 Å². The molecule has 0 amide bonds. The van der Waals surface area contributed by atoms with Crippen LogP contribution < -0.4 is 5.32 Å². The van der Waals surface area contributed by atoms with E-state index in [1.54, 1.807) is 11.3 Å². The summed E-state index contributed by atoms with van der Waals surface area (Å²) in [6, 6.07) is 13.8. The van der Waals surface area contributed by atoms with Gasteiger partial charge in [-0.15, -0.1) is 11.3 Å². The summed E-state index contributed by atoms with van der Waals surface area (Å²) in [5.74, 6) is 0. The van der Waals surface area contributed by atoms with E-state index < -0.39 is 0 Å². The Kier molecular flexibility index (Phi) is 4.35. The van der Waals surface area contributed by atoms with Crippen LogP contribution in [0, 0.1) is 0 Å². The molecular formula is C15H19NS. The molecule has 0 saturated carbocycles. The zero-order valence-corrected chi connectivity index (χ0v) is 11.3. The van der Waals surface area contributed by atoms with E-state index in [0.717, 1.165) is 6.42 Å². The van der Waals surface area contributed by atoms with E-state index in [-0.39, 0.29) is 0 Å². The fourth-order valence-electron chi connectivity index (χ4n) is 1.81. The van der Waals surface area contributed by atoms with Gasteiger partial charge in [-0.2, -0.15) is 0 Å². The summed E-state index contributed by atoms with van der Waals surface area (Å²) in [5, 5.41) is 5.39. The number of aryl methyl sites for hydroxylation is 1. The molecule has 0 aliphatic rings. The second kappa shape index (κ2) is 5.99. The molecule has 90 valence electrons. The topological polar surface area (TPSA) is 12.0 Å². The third-order valence-corrected chi connectivity index (χ3v) is 4.04. The molecule has 0 aliphatic carbocycles. The van der Waals surface area contributed by atoms with Gasteiger partial charge in [0.1, 0.15) is 0 Å². The van der Waals surface area contributed by atoms with Gasteiger partial charge in [-0.1, -0.05) is 30.3 Å². The van der Waals surface area contributed by atoms with Crippen molar-refractivity contribution in [1.82, 2.24) is 5.32 Å². The quantitative estimate of drug-likeness (QED) is 0.841. The van der Waals surface area contributed by atoms with Gasteiger partial charge in [0.25, 0.3) is 0 Å². The molecule has 1 aromatic carbocycles. The van der Waals surface area contributed by atoms with E-state index in [9.17, 15) is 0 Å². The molecule has 0 fully saturated rings. The average molecular weight is 245 g/mol. The molecule has 1 N–H and O–H groups in total. The molecule has 1 unspecified atom stereocenters. The van der Waals surface area contributed by atoms with Gasteiger partial charge in [-0.05, 0) is 49.4 Å². The smallest absolute Gasteiger partial charge is 0.0342 e. The Morgan fingerprint density at radius 1 is 1.18 bits per heavy atom. The van der Waals surface area contributed by atoms with Crippen molar-refractivity contribution >= 4 is 11.3 Å². The van der Waals surface area contributed by atoms with Crippen LogP contribution in [0.25, 0.3) is 10.4 Å². The second-order valence-corrected chi connectivity index (χ2v) is 5.35. The lowest BCUT2D eigenvalue weighted by Gasteiger charge is -2.09. The molecular weight excluding hydrogens is 226 g/mol. The van der Waals surface area contributed by atoms with Crippen LogP contribution in [0.15, 0.2) is 41.8 Å². The van der Waals surface area contributed by atoms with Gasteiger partial charge in [0.15, 0.2) is 0 Å². The third-order valence-electron chi connectivity index (χ3n) is 3.12. The molecule has 0 aliphatic heterocycles. The molecule has 1 nitrogen and oxygen atoms in total. The minimum absolute atomic E-state index is 0.590. The van der Waals surface area contributed by atoms with Crippen molar-refractivity contribution in [2.45, 2.75) is 25.8 Å². The maximum absolute atomic E-state index is 3.27.